The van der Waals surface area contributed by atoms with Gasteiger partial charge in [-0.25, -0.2) is 0 Å². The first-order chi connectivity index (χ1) is 8.21. The van der Waals surface area contributed by atoms with Gasteiger partial charge in [0.05, 0.1) is 11.2 Å². The van der Waals surface area contributed by atoms with Crippen molar-refractivity contribution >= 4 is 7.12 Å². The first kappa shape index (κ1) is 14.4. The van der Waals surface area contributed by atoms with Crippen LogP contribution in [0.2, 0.25) is 6.32 Å². The van der Waals surface area contributed by atoms with Gasteiger partial charge in [0.1, 0.15) is 0 Å². The molecular weight excluding hydrogens is 223 g/mol. The SMILES string of the molecule is CC1CC(CCB2OC(C)(C)C(C)(C)O2)CC1C. The Balaban J connectivity index is 1.79. The van der Waals surface area contributed by atoms with Gasteiger partial charge in [-0.2, -0.15) is 0 Å². The Kier molecular flexibility index (Phi) is 3.86. The Morgan fingerprint density at radius 2 is 1.39 bits per heavy atom. The topological polar surface area (TPSA) is 18.5 Å². The van der Waals surface area contributed by atoms with Gasteiger partial charge in [0, 0.05) is 0 Å². The van der Waals surface area contributed by atoms with Gasteiger partial charge in [-0.15, -0.1) is 0 Å². The molecule has 0 bridgehead atoms. The van der Waals surface area contributed by atoms with Crippen LogP contribution in [0.3, 0.4) is 0 Å². The minimum absolute atomic E-state index is 0.00112. The fourth-order valence-electron chi connectivity index (χ4n) is 3.30. The monoisotopic (exact) mass is 252 g/mol. The van der Waals surface area contributed by atoms with Gasteiger partial charge < -0.3 is 9.31 Å². The molecule has 0 N–H and O–H groups in total. The second-order valence-corrected chi connectivity index (χ2v) is 7.56. The first-order valence-corrected chi connectivity index (χ1v) is 7.57. The molecule has 0 aromatic carbocycles. The maximum Gasteiger partial charge on any atom is 0.457 e. The van der Waals surface area contributed by atoms with E-state index in [0.29, 0.717) is 0 Å². The van der Waals surface area contributed by atoms with Crippen molar-refractivity contribution in [3.8, 4) is 0 Å². The molecule has 1 heterocycles. The first-order valence-electron chi connectivity index (χ1n) is 7.57. The van der Waals surface area contributed by atoms with Crippen LogP contribution < -0.4 is 0 Å². The van der Waals surface area contributed by atoms with Gasteiger partial charge in [0.15, 0.2) is 0 Å². The molecule has 1 aliphatic heterocycles. The van der Waals surface area contributed by atoms with Gasteiger partial charge in [0.25, 0.3) is 0 Å². The second-order valence-electron chi connectivity index (χ2n) is 7.56. The van der Waals surface area contributed by atoms with E-state index in [-0.39, 0.29) is 18.3 Å². The summed E-state index contributed by atoms with van der Waals surface area (Å²) in [6.07, 6.45) is 5.09. The van der Waals surface area contributed by atoms with Gasteiger partial charge in [-0.05, 0) is 64.6 Å². The second kappa shape index (κ2) is 4.83. The lowest BCUT2D eigenvalue weighted by Crippen LogP contribution is -2.41. The predicted molar refractivity (Wildman–Crippen MR) is 76.6 cm³/mol. The van der Waals surface area contributed by atoms with Crippen molar-refractivity contribution in [3.05, 3.63) is 0 Å². The van der Waals surface area contributed by atoms with E-state index in [9.17, 15) is 0 Å². The Morgan fingerprint density at radius 1 is 0.944 bits per heavy atom. The van der Waals surface area contributed by atoms with Crippen LogP contribution in [0.15, 0.2) is 0 Å². The zero-order valence-electron chi connectivity index (χ0n) is 13.0. The molecule has 3 heteroatoms. The molecule has 104 valence electrons. The molecule has 1 saturated carbocycles. The lowest BCUT2D eigenvalue weighted by Gasteiger charge is -2.32. The molecule has 0 radical (unpaired) electrons. The van der Waals surface area contributed by atoms with Gasteiger partial charge in [-0.1, -0.05) is 20.3 Å². The lowest BCUT2D eigenvalue weighted by molar-refractivity contribution is 0.00578. The van der Waals surface area contributed by atoms with Crippen molar-refractivity contribution in [2.75, 3.05) is 0 Å². The third kappa shape index (κ3) is 2.77. The zero-order chi connectivity index (χ0) is 13.6. The maximum atomic E-state index is 6.06. The molecule has 2 atom stereocenters. The molecule has 2 fully saturated rings. The Labute approximate surface area is 113 Å². The Hall–Kier alpha value is -0.0151. The van der Waals surface area contributed by atoms with Gasteiger partial charge in [0.2, 0.25) is 0 Å². The average Bonchev–Trinajstić information content (AvgIpc) is 2.63. The molecule has 2 rings (SSSR count). The highest BCUT2D eigenvalue weighted by Crippen LogP contribution is 2.41. The van der Waals surface area contributed by atoms with Crippen LogP contribution in [0.5, 0.6) is 0 Å². The van der Waals surface area contributed by atoms with Crippen LogP contribution in [-0.4, -0.2) is 18.3 Å². The van der Waals surface area contributed by atoms with Gasteiger partial charge >= 0.3 is 7.12 Å². The highest BCUT2D eigenvalue weighted by atomic mass is 16.7. The smallest absolute Gasteiger partial charge is 0.403 e. The normalized spacial score (nSPS) is 38.3. The van der Waals surface area contributed by atoms with Crippen LogP contribution in [0, 0.1) is 17.8 Å². The van der Waals surface area contributed by atoms with Crippen LogP contribution >= 0.6 is 0 Å². The van der Waals surface area contributed by atoms with E-state index >= 15 is 0 Å². The lowest BCUT2D eigenvalue weighted by atomic mass is 9.79. The summed E-state index contributed by atoms with van der Waals surface area (Å²) in [5.74, 6) is 2.68. The molecule has 2 unspecified atom stereocenters. The third-order valence-electron chi connectivity index (χ3n) is 5.49. The van der Waals surface area contributed by atoms with Crippen LogP contribution in [0.25, 0.3) is 0 Å². The van der Waals surface area contributed by atoms with Crippen LogP contribution in [0.4, 0.5) is 0 Å². The van der Waals surface area contributed by atoms with Crippen molar-refractivity contribution in [1.82, 2.24) is 0 Å². The quantitative estimate of drug-likeness (QED) is 0.702. The molecular formula is C15H29BO2. The summed E-state index contributed by atoms with van der Waals surface area (Å²) >= 11 is 0. The van der Waals surface area contributed by atoms with E-state index in [1.807, 2.05) is 0 Å². The van der Waals surface area contributed by atoms with E-state index in [1.165, 1.54) is 19.3 Å². The van der Waals surface area contributed by atoms with E-state index in [4.69, 9.17) is 9.31 Å². The van der Waals surface area contributed by atoms with Crippen LogP contribution in [0.1, 0.15) is 60.8 Å². The van der Waals surface area contributed by atoms with Crippen LogP contribution in [-0.2, 0) is 9.31 Å². The van der Waals surface area contributed by atoms with Crippen molar-refractivity contribution < 1.29 is 9.31 Å². The van der Waals surface area contributed by atoms with E-state index < -0.39 is 0 Å². The highest BCUT2D eigenvalue weighted by molar-refractivity contribution is 6.45. The Bertz CT molecular complexity index is 275. The van der Waals surface area contributed by atoms with E-state index in [2.05, 4.69) is 41.5 Å². The summed E-state index contributed by atoms with van der Waals surface area (Å²) in [4.78, 5) is 0. The summed E-state index contributed by atoms with van der Waals surface area (Å²) in [6, 6.07) is 0. The molecule has 2 aliphatic rings. The number of hydrogen-bond acceptors (Lipinski definition) is 2. The highest BCUT2D eigenvalue weighted by Gasteiger charge is 2.50. The summed E-state index contributed by atoms with van der Waals surface area (Å²) in [5, 5.41) is 0. The summed E-state index contributed by atoms with van der Waals surface area (Å²) in [5.41, 5.74) is -0.345. The Morgan fingerprint density at radius 3 is 1.83 bits per heavy atom. The average molecular weight is 252 g/mol. The van der Waals surface area contributed by atoms with E-state index in [1.54, 1.807) is 0 Å². The summed E-state index contributed by atoms with van der Waals surface area (Å²) in [7, 11) is 0.00112. The van der Waals surface area contributed by atoms with Crippen molar-refractivity contribution in [1.29, 1.82) is 0 Å². The van der Waals surface area contributed by atoms with E-state index in [0.717, 1.165) is 24.1 Å². The van der Waals surface area contributed by atoms with Crippen molar-refractivity contribution in [2.24, 2.45) is 17.8 Å². The summed E-state index contributed by atoms with van der Waals surface area (Å²) in [6.45, 7) is 13.3. The molecule has 2 nitrogen and oxygen atoms in total. The standard InChI is InChI=1S/C15H29BO2/c1-11-9-13(10-12(11)2)7-8-16-17-14(3,4)15(5,6)18-16/h11-13H,7-10H2,1-6H3. The fourth-order valence-corrected chi connectivity index (χ4v) is 3.30. The van der Waals surface area contributed by atoms with Crippen molar-refractivity contribution in [3.63, 3.8) is 0 Å². The maximum absolute atomic E-state index is 6.06. The molecule has 0 aromatic heterocycles. The largest absolute Gasteiger partial charge is 0.457 e. The zero-order valence-corrected chi connectivity index (χ0v) is 13.0. The van der Waals surface area contributed by atoms with Gasteiger partial charge in [-0.3, -0.25) is 0 Å². The third-order valence-corrected chi connectivity index (χ3v) is 5.49. The molecule has 1 aliphatic carbocycles. The summed E-state index contributed by atoms with van der Waals surface area (Å²) < 4.78 is 12.1. The van der Waals surface area contributed by atoms with Crippen molar-refractivity contribution in [2.45, 2.75) is 78.3 Å². The molecule has 0 spiro atoms. The number of rotatable bonds is 3. The molecule has 0 amide bonds. The number of hydrogen-bond donors (Lipinski definition) is 0. The minimum Gasteiger partial charge on any atom is -0.403 e. The minimum atomic E-state index is -0.173. The molecule has 1 saturated heterocycles. The molecule has 18 heavy (non-hydrogen) atoms. The fraction of sp³-hybridized carbons (Fsp3) is 1.00. The molecule has 0 aromatic rings. The predicted octanol–water partition coefficient (Wildman–Crippen LogP) is 4.15.